The van der Waals surface area contributed by atoms with Crippen molar-refractivity contribution < 1.29 is 9.50 Å². The van der Waals surface area contributed by atoms with Gasteiger partial charge in [-0.05, 0) is 39.5 Å². The van der Waals surface area contributed by atoms with Crippen molar-refractivity contribution in [2.45, 2.75) is 0 Å². The quantitative estimate of drug-likeness (QED) is 0.755. The molecule has 0 unspecified atom stereocenters. The maximum atomic E-state index is 12.7. The molecule has 0 spiro atoms. The van der Waals surface area contributed by atoms with E-state index >= 15 is 0 Å². The monoisotopic (exact) mass is 246 g/mol. The minimum Gasteiger partial charge on any atom is -0.507 e. The molecule has 0 aliphatic heterocycles. The number of aromatic hydroxyl groups is 1. The van der Waals surface area contributed by atoms with Crippen molar-refractivity contribution in [3.05, 3.63) is 27.8 Å². The lowest BCUT2D eigenvalue weighted by atomic mass is 10.2. The van der Waals surface area contributed by atoms with Gasteiger partial charge in [0.1, 0.15) is 5.75 Å². The van der Waals surface area contributed by atoms with Gasteiger partial charge in [0.25, 0.3) is 0 Å². The molecule has 0 atom stereocenters. The number of halogens is 2. The number of hydrogen-bond acceptors (Lipinski definition) is 2. The van der Waals surface area contributed by atoms with Crippen molar-refractivity contribution in [2.24, 2.45) is 0 Å². The molecule has 12 heavy (non-hydrogen) atoms. The van der Waals surface area contributed by atoms with E-state index in [-0.39, 0.29) is 10.9 Å². The minimum absolute atomic E-state index is 0.143. The first kappa shape index (κ1) is 8.01. The van der Waals surface area contributed by atoms with E-state index in [1.54, 1.807) is 12.1 Å². The van der Waals surface area contributed by atoms with Crippen LogP contribution < -0.4 is 0 Å². The standard InChI is InChI=1S/C8H4BrFOS/c9-7-5(11)2-1-4-3-6(10)12-8(4)7/h1-3,11H. The number of phenolic OH excluding ortho intramolecular Hbond substituents is 1. The summed E-state index contributed by atoms with van der Waals surface area (Å²) in [4.78, 5) is 0. The molecule has 2 aromatic rings. The maximum absolute atomic E-state index is 12.7. The number of benzene rings is 1. The summed E-state index contributed by atoms with van der Waals surface area (Å²) in [6.45, 7) is 0. The first-order chi connectivity index (χ1) is 5.68. The highest BCUT2D eigenvalue weighted by Crippen LogP contribution is 2.36. The Labute approximate surface area is 80.6 Å². The van der Waals surface area contributed by atoms with E-state index in [0.29, 0.717) is 4.47 Å². The van der Waals surface area contributed by atoms with E-state index in [1.165, 1.54) is 6.07 Å². The largest absolute Gasteiger partial charge is 0.507 e. The van der Waals surface area contributed by atoms with Gasteiger partial charge in [-0.15, -0.1) is 11.3 Å². The van der Waals surface area contributed by atoms with Gasteiger partial charge in [0, 0.05) is 0 Å². The molecule has 2 rings (SSSR count). The van der Waals surface area contributed by atoms with Crippen LogP contribution in [0.1, 0.15) is 0 Å². The summed E-state index contributed by atoms with van der Waals surface area (Å²) in [5.41, 5.74) is 0. The third kappa shape index (κ3) is 1.11. The van der Waals surface area contributed by atoms with Crippen molar-refractivity contribution in [3.63, 3.8) is 0 Å². The normalized spacial score (nSPS) is 10.8. The molecule has 62 valence electrons. The molecule has 1 aromatic heterocycles. The number of phenols is 1. The SMILES string of the molecule is Oc1ccc2cc(F)sc2c1Br. The van der Waals surface area contributed by atoms with E-state index in [9.17, 15) is 9.50 Å². The summed E-state index contributed by atoms with van der Waals surface area (Å²) in [7, 11) is 0. The molecule has 0 radical (unpaired) electrons. The zero-order valence-corrected chi connectivity index (χ0v) is 8.25. The zero-order chi connectivity index (χ0) is 8.72. The Kier molecular flexibility index (Phi) is 1.81. The Hall–Kier alpha value is -0.610. The van der Waals surface area contributed by atoms with E-state index in [2.05, 4.69) is 15.9 Å². The van der Waals surface area contributed by atoms with Crippen LogP contribution >= 0.6 is 27.3 Å². The first-order valence-electron chi connectivity index (χ1n) is 3.25. The third-order valence-electron chi connectivity index (χ3n) is 1.58. The van der Waals surface area contributed by atoms with Crippen LogP contribution in [0.3, 0.4) is 0 Å². The van der Waals surface area contributed by atoms with Crippen LogP contribution in [0.15, 0.2) is 22.7 Å². The fourth-order valence-corrected chi connectivity index (χ4v) is 2.45. The van der Waals surface area contributed by atoms with Gasteiger partial charge in [-0.3, -0.25) is 0 Å². The number of hydrogen-bond donors (Lipinski definition) is 1. The second kappa shape index (κ2) is 2.71. The fourth-order valence-electron chi connectivity index (χ4n) is 1.03. The predicted octanol–water partition coefficient (Wildman–Crippen LogP) is 3.51. The van der Waals surface area contributed by atoms with Crippen molar-refractivity contribution in [2.75, 3.05) is 0 Å². The molecular formula is C8H4BrFOS. The van der Waals surface area contributed by atoms with Gasteiger partial charge in [0.2, 0.25) is 0 Å². The van der Waals surface area contributed by atoms with Crippen LogP contribution in [-0.2, 0) is 0 Å². The highest BCUT2D eigenvalue weighted by Gasteiger charge is 2.07. The molecule has 0 saturated heterocycles. The summed E-state index contributed by atoms with van der Waals surface area (Å²) in [6, 6.07) is 4.68. The van der Waals surface area contributed by atoms with Gasteiger partial charge >= 0.3 is 0 Å². The summed E-state index contributed by atoms with van der Waals surface area (Å²) >= 11 is 4.21. The zero-order valence-electron chi connectivity index (χ0n) is 5.84. The molecule has 4 heteroatoms. The summed E-state index contributed by atoms with van der Waals surface area (Å²) in [5.74, 6) is 0.143. The Balaban J connectivity index is 2.89. The van der Waals surface area contributed by atoms with Crippen LogP contribution in [0.4, 0.5) is 4.39 Å². The molecule has 0 fully saturated rings. The van der Waals surface area contributed by atoms with Crippen molar-refractivity contribution in [1.29, 1.82) is 0 Å². The minimum atomic E-state index is -0.240. The molecule has 1 nitrogen and oxygen atoms in total. The van der Waals surface area contributed by atoms with Crippen LogP contribution in [0, 0.1) is 5.13 Å². The number of thiophene rings is 1. The molecule has 0 aliphatic carbocycles. The molecule has 0 saturated carbocycles. The molecule has 0 aliphatic rings. The predicted molar refractivity (Wildman–Crippen MR) is 51.1 cm³/mol. The lowest BCUT2D eigenvalue weighted by Gasteiger charge is -1.95. The van der Waals surface area contributed by atoms with E-state index < -0.39 is 0 Å². The van der Waals surface area contributed by atoms with Gasteiger partial charge < -0.3 is 5.11 Å². The average Bonchev–Trinajstić information content (AvgIpc) is 2.39. The van der Waals surface area contributed by atoms with Crippen LogP contribution in [-0.4, -0.2) is 5.11 Å². The maximum Gasteiger partial charge on any atom is 0.177 e. The average molecular weight is 247 g/mol. The van der Waals surface area contributed by atoms with Crippen molar-refractivity contribution in [1.82, 2.24) is 0 Å². The summed E-state index contributed by atoms with van der Waals surface area (Å²) in [6.07, 6.45) is 0. The van der Waals surface area contributed by atoms with E-state index in [4.69, 9.17) is 0 Å². The molecular weight excluding hydrogens is 243 g/mol. The van der Waals surface area contributed by atoms with Crippen LogP contribution in [0.25, 0.3) is 10.1 Å². The molecule has 0 amide bonds. The highest BCUT2D eigenvalue weighted by atomic mass is 79.9. The number of fused-ring (bicyclic) bond motifs is 1. The first-order valence-corrected chi connectivity index (χ1v) is 4.86. The molecule has 1 N–H and O–H groups in total. The Morgan fingerprint density at radius 2 is 2.17 bits per heavy atom. The van der Waals surface area contributed by atoms with Crippen molar-refractivity contribution in [3.8, 4) is 5.75 Å². The molecule has 0 bridgehead atoms. The highest BCUT2D eigenvalue weighted by molar-refractivity contribution is 9.10. The van der Waals surface area contributed by atoms with Gasteiger partial charge in [-0.25, -0.2) is 0 Å². The molecule has 1 aromatic carbocycles. The van der Waals surface area contributed by atoms with Gasteiger partial charge in [-0.2, -0.15) is 4.39 Å². The van der Waals surface area contributed by atoms with Crippen LogP contribution in [0.5, 0.6) is 5.75 Å². The van der Waals surface area contributed by atoms with Crippen molar-refractivity contribution >= 4 is 37.4 Å². The van der Waals surface area contributed by atoms with Crippen LogP contribution in [0.2, 0.25) is 0 Å². The smallest absolute Gasteiger partial charge is 0.177 e. The summed E-state index contributed by atoms with van der Waals surface area (Å²) in [5, 5.41) is 9.83. The fraction of sp³-hybridized carbons (Fsp3) is 0. The van der Waals surface area contributed by atoms with Gasteiger partial charge in [-0.1, -0.05) is 0 Å². The number of rotatable bonds is 0. The Morgan fingerprint density at radius 3 is 2.92 bits per heavy atom. The van der Waals surface area contributed by atoms with Gasteiger partial charge in [0.05, 0.1) is 9.17 Å². The van der Waals surface area contributed by atoms with Gasteiger partial charge in [0.15, 0.2) is 5.13 Å². The summed E-state index contributed by atoms with van der Waals surface area (Å²) < 4.78 is 14.1. The Morgan fingerprint density at radius 1 is 1.42 bits per heavy atom. The second-order valence-electron chi connectivity index (χ2n) is 2.37. The third-order valence-corrected chi connectivity index (χ3v) is 3.60. The molecule has 1 heterocycles. The Bertz CT molecular complexity index is 438. The van der Waals surface area contributed by atoms with E-state index in [1.807, 2.05) is 0 Å². The lowest BCUT2D eigenvalue weighted by molar-refractivity contribution is 0.473. The lowest BCUT2D eigenvalue weighted by Crippen LogP contribution is -1.67. The topological polar surface area (TPSA) is 20.2 Å². The second-order valence-corrected chi connectivity index (χ2v) is 4.16. The van der Waals surface area contributed by atoms with E-state index in [0.717, 1.165) is 21.4 Å².